The van der Waals surface area contributed by atoms with Crippen molar-refractivity contribution in [3.8, 4) is 5.75 Å². The third-order valence-electron chi connectivity index (χ3n) is 3.43. The molecule has 1 aliphatic rings. The fraction of sp³-hybridized carbons (Fsp3) is 0.571. The topological polar surface area (TPSA) is 21.3 Å². The molecule has 2 heteroatoms. The lowest BCUT2D eigenvalue weighted by Crippen LogP contribution is -2.22. The first-order valence-corrected chi connectivity index (χ1v) is 6.02. The minimum absolute atomic E-state index is 0.366. The maximum atomic E-state index is 5.41. The Morgan fingerprint density at radius 1 is 1.44 bits per heavy atom. The van der Waals surface area contributed by atoms with E-state index in [2.05, 4.69) is 44.3 Å². The van der Waals surface area contributed by atoms with Gasteiger partial charge in [-0.05, 0) is 32.3 Å². The summed E-state index contributed by atoms with van der Waals surface area (Å²) in [4.78, 5) is 0. The van der Waals surface area contributed by atoms with E-state index in [1.807, 2.05) is 0 Å². The number of aryl methyl sites for hydroxylation is 1. The van der Waals surface area contributed by atoms with Crippen LogP contribution >= 0.6 is 0 Å². The molecule has 0 saturated heterocycles. The number of methoxy groups -OCH3 is 1. The van der Waals surface area contributed by atoms with Crippen molar-refractivity contribution in [1.82, 2.24) is 5.32 Å². The van der Waals surface area contributed by atoms with E-state index in [0.29, 0.717) is 12.1 Å². The molecule has 1 fully saturated rings. The van der Waals surface area contributed by atoms with Crippen molar-refractivity contribution in [2.24, 2.45) is 5.92 Å². The van der Waals surface area contributed by atoms with Gasteiger partial charge in [-0.2, -0.15) is 0 Å². The first kappa shape index (κ1) is 11.5. The zero-order chi connectivity index (χ0) is 11.7. The lowest BCUT2D eigenvalue weighted by molar-refractivity contribution is 0.400. The molecule has 3 unspecified atom stereocenters. The second-order valence-electron chi connectivity index (χ2n) is 4.95. The summed E-state index contributed by atoms with van der Waals surface area (Å²) in [5.74, 6) is 1.82. The number of hydrogen-bond donors (Lipinski definition) is 1. The number of nitrogens with one attached hydrogen (secondary N) is 1. The van der Waals surface area contributed by atoms with E-state index in [0.717, 1.165) is 11.7 Å². The number of hydrogen-bond acceptors (Lipinski definition) is 2. The minimum atomic E-state index is 0.366. The van der Waals surface area contributed by atoms with Crippen molar-refractivity contribution in [1.29, 1.82) is 0 Å². The van der Waals surface area contributed by atoms with Gasteiger partial charge in [0.05, 0.1) is 7.11 Å². The highest BCUT2D eigenvalue weighted by molar-refractivity contribution is 5.39. The maximum Gasteiger partial charge on any atom is 0.123 e. The van der Waals surface area contributed by atoms with Gasteiger partial charge in [0.15, 0.2) is 0 Å². The van der Waals surface area contributed by atoms with Gasteiger partial charge in [-0.15, -0.1) is 0 Å². The highest BCUT2D eigenvalue weighted by Gasteiger charge is 2.33. The van der Waals surface area contributed by atoms with Crippen LogP contribution in [0.3, 0.4) is 0 Å². The van der Waals surface area contributed by atoms with Crippen LogP contribution < -0.4 is 10.1 Å². The Morgan fingerprint density at radius 3 is 2.69 bits per heavy atom. The number of ether oxygens (including phenoxy) is 1. The van der Waals surface area contributed by atoms with Gasteiger partial charge in [-0.1, -0.05) is 24.6 Å². The largest absolute Gasteiger partial charge is 0.496 e. The predicted molar refractivity (Wildman–Crippen MR) is 66.9 cm³/mol. The molecule has 88 valence electrons. The van der Waals surface area contributed by atoms with E-state index in [1.54, 1.807) is 7.11 Å². The van der Waals surface area contributed by atoms with E-state index < -0.39 is 0 Å². The van der Waals surface area contributed by atoms with Crippen molar-refractivity contribution < 1.29 is 4.74 Å². The molecule has 0 radical (unpaired) electrons. The Labute approximate surface area is 98.0 Å². The molecule has 2 rings (SSSR count). The fourth-order valence-corrected chi connectivity index (χ4v) is 2.16. The highest BCUT2D eigenvalue weighted by Crippen LogP contribution is 2.33. The van der Waals surface area contributed by atoms with E-state index in [9.17, 15) is 0 Å². The lowest BCUT2D eigenvalue weighted by Gasteiger charge is -2.18. The average Bonchev–Trinajstić information content (AvgIpc) is 2.94. The molecule has 0 amide bonds. The van der Waals surface area contributed by atoms with Gasteiger partial charge in [0.2, 0.25) is 0 Å². The molecule has 16 heavy (non-hydrogen) atoms. The molecule has 0 bridgehead atoms. The van der Waals surface area contributed by atoms with Gasteiger partial charge in [-0.3, -0.25) is 0 Å². The summed E-state index contributed by atoms with van der Waals surface area (Å²) in [5.41, 5.74) is 2.55. The summed E-state index contributed by atoms with van der Waals surface area (Å²) in [5, 5.41) is 3.64. The van der Waals surface area contributed by atoms with Crippen LogP contribution in [0.4, 0.5) is 0 Å². The van der Waals surface area contributed by atoms with Crippen molar-refractivity contribution >= 4 is 0 Å². The van der Waals surface area contributed by atoms with Crippen LogP contribution in [0.2, 0.25) is 0 Å². The van der Waals surface area contributed by atoms with Gasteiger partial charge in [-0.25, -0.2) is 0 Å². The number of benzene rings is 1. The Hall–Kier alpha value is -1.02. The zero-order valence-corrected chi connectivity index (χ0v) is 10.6. The first-order valence-electron chi connectivity index (χ1n) is 6.02. The van der Waals surface area contributed by atoms with Gasteiger partial charge in [0.25, 0.3) is 0 Å². The molecule has 2 nitrogen and oxygen atoms in total. The molecule has 0 spiro atoms. The monoisotopic (exact) mass is 219 g/mol. The Bertz CT molecular complexity index is 375. The molecule has 1 aliphatic carbocycles. The standard InChI is InChI=1S/C14H21NO/c1-9-5-6-14(16-4)12(7-9)11(3)15-13-8-10(13)2/h5-7,10-11,13,15H,8H2,1-4H3. The zero-order valence-electron chi connectivity index (χ0n) is 10.6. The van der Waals surface area contributed by atoms with Crippen LogP contribution in [-0.2, 0) is 0 Å². The second kappa shape index (κ2) is 4.46. The van der Waals surface area contributed by atoms with Crippen LogP contribution in [0.25, 0.3) is 0 Å². The van der Waals surface area contributed by atoms with Crippen LogP contribution in [0, 0.1) is 12.8 Å². The highest BCUT2D eigenvalue weighted by atomic mass is 16.5. The summed E-state index contributed by atoms with van der Waals surface area (Å²) in [6.07, 6.45) is 1.30. The first-order chi connectivity index (χ1) is 7.61. The van der Waals surface area contributed by atoms with Crippen molar-refractivity contribution in [2.45, 2.75) is 39.3 Å². The molecular formula is C14H21NO. The van der Waals surface area contributed by atoms with Gasteiger partial charge < -0.3 is 10.1 Å². The van der Waals surface area contributed by atoms with E-state index in [-0.39, 0.29) is 0 Å². The molecule has 1 N–H and O–H groups in total. The minimum Gasteiger partial charge on any atom is -0.496 e. The summed E-state index contributed by atoms with van der Waals surface area (Å²) < 4.78 is 5.41. The lowest BCUT2D eigenvalue weighted by atomic mass is 10.0. The fourth-order valence-electron chi connectivity index (χ4n) is 2.16. The molecule has 1 aromatic carbocycles. The van der Waals surface area contributed by atoms with Gasteiger partial charge in [0, 0.05) is 17.6 Å². The molecule has 0 aliphatic heterocycles. The predicted octanol–water partition coefficient (Wildman–Crippen LogP) is 3.06. The molecule has 1 saturated carbocycles. The third kappa shape index (κ3) is 2.38. The number of rotatable bonds is 4. The summed E-state index contributed by atoms with van der Waals surface area (Å²) in [7, 11) is 1.74. The molecule has 0 heterocycles. The van der Waals surface area contributed by atoms with E-state index in [4.69, 9.17) is 4.74 Å². The summed E-state index contributed by atoms with van der Waals surface area (Å²) >= 11 is 0. The smallest absolute Gasteiger partial charge is 0.123 e. The van der Waals surface area contributed by atoms with Gasteiger partial charge >= 0.3 is 0 Å². The van der Waals surface area contributed by atoms with E-state index >= 15 is 0 Å². The van der Waals surface area contributed by atoms with Crippen molar-refractivity contribution in [3.05, 3.63) is 29.3 Å². The molecular weight excluding hydrogens is 198 g/mol. The molecule has 0 aromatic heterocycles. The Balaban J connectivity index is 2.13. The van der Waals surface area contributed by atoms with E-state index in [1.165, 1.54) is 17.5 Å². The van der Waals surface area contributed by atoms with Crippen LogP contribution in [0.15, 0.2) is 18.2 Å². The summed E-state index contributed by atoms with van der Waals surface area (Å²) in [6, 6.07) is 7.42. The Morgan fingerprint density at radius 2 is 2.12 bits per heavy atom. The summed E-state index contributed by atoms with van der Waals surface area (Å²) in [6.45, 7) is 6.62. The third-order valence-corrected chi connectivity index (χ3v) is 3.43. The normalized spacial score (nSPS) is 25.2. The second-order valence-corrected chi connectivity index (χ2v) is 4.95. The van der Waals surface area contributed by atoms with Crippen LogP contribution in [0.1, 0.15) is 37.4 Å². The van der Waals surface area contributed by atoms with Crippen LogP contribution in [0.5, 0.6) is 5.75 Å². The maximum absolute atomic E-state index is 5.41. The SMILES string of the molecule is COc1ccc(C)cc1C(C)NC1CC1C. The average molecular weight is 219 g/mol. The molecule has 1 aromatic rings. The van der Waals surface area contributed by atoms with Crippen molar-refractivity contribution in [2.75, 3.05) is 7.11 Å². The van der Waals surface area contributed by atoms with Crippen molar-refractivity contribution in [3.63, 3.8) is 0 Å². The van der Waals surface area contributed by atoms with Crippen LogP contribution in [-0.4, -0.2) is 13.2 Å². The Kier molecular flexibility index (Phi) is 3.20. The quantitative estimate of drug-likeness (QED) is 0.840. The van der Waals surface area contributed by atoms with Gasteiger partial charge in [0.1, 0.15) is 5.75 Å². The molecule has 3 atom stereocenters.